The molecule has 4 rings (SSSR count). The minimum atomic E-state index is -0.0569. The highest BCUT2D eigenvalue weighted by Crippen LogP contribution is 2.29. The Hall–Kier alpha value is -3.45. The van der Waals surface area contributed by atoms with Crippen molar-refractivity contribution in [3.05, 3.63) is 73.1 Å². The Morgan fingerprint density at radius 1 is 0.897 bits per heavy atom. The lowest BCUT2D eigenvalue weighted by molar-refractivity contribution is -0.117. The lowest BCUT2D eigenvalue weighted by Gasteiger charge is -2.34. The van der Waals surface area contributed by atoms with E-state index in [2.05, 4.69) is 25.1 Å². The number of anilines is 2. The summed E-state index contributed by atoms with van der Waals surface area (Å²) in [6.45, 7) is 3.50. The number of nitrogens with one attached hydrogen (secondary N) is 1. The second-order valence-corrected chi connectivity index (χ2v) is 6.77. The van der Waals surface area contributed by atoms with E-state index in [9.17, 15) is 4.79 Å². The van der Waals surface area contributed by atoms with Crippen LogP contribution in [0.15, 0.2) is 73.1 Å². The summed E-state index contributed by atoms with van der Waals surface area (Å²) in [7, 11) is 0. The molecule has 1 aliphatic heterocycles. The van der Waals surface area contributed by atoms with Crippen LogP contribution in [0.25, 0.3) is 0 Å². The molecule has 1 N–H and O–H groups in total. The number of carbonyl (C=O) groups is 1. The van der Waals surface area contributed by atoms with Gasteiger partial charge >= 0.3 is 0 Å². The number of benzene rings is 2. The summed E-state index contributed by atoms with van der Waals surface area (Å²) < 4.78 is 5.91. The maximum Gasteiger partial charge on any atom is 0.238 e. The lowest BCUT2D eigenvalue weighted by atomic mass is 10.2. The first-order chi connectivity index (χ1) is 14.3. The number of para-hydroxylation sites is 3. The first-order valence-corrected chi connectivity index (χ1v) is 9.64. The Bertz CT molecular complexity index is 928. The SMILES string of the molecule is O=C(CN1CCN(c2ncccn2)CC1)Nc1ccccc1Oc1ccccc1. The van der Waals surface area contributed by atoms with Crippen molar-refractivity contribution in [2.24, 2.45) is 0 Å². The maximum absolute atomic E-state index is 12.6. The summed E-state index contributed by atoms with van der Waals surface area (Å²) in [4.78, 5) is 25.4. The highest BCUT2D eigenvalue weighted by molar-refractivity contribution is 5.93. The van der Waals surface area contributed by atoms with Crippen LogP contribution in [0.3, 0.4) is 0 Å². The normalized spacial score (nSPS) is 14.4. The zero-order valence-electron chi connectivity index (χ0n) is 16.1. The molecule has 0 spiro atoms. The van der Waals surface area contributed by atoms with Crippen LogP contribution in [-0.4, -0.2) is 53.5 Å². The molecule has 0 aliphatic carbocycles. The Balaban J connectivity index is 1.31. The van der Waals surface area contributed by atoms with Gasteiger partial charge in [-0.05, 0) is 30.3 Å². The number of hydrogen-bond donors (Lipinski definition) is 1. The molecular weight excluding hydrogens is 366 g/mol. The van der Waals surface area contributed by atoms with Crippen molar-refractivity contribution < 1.29 is 9.53 Å². The standard InChI is InChI=1S/C22H23N5O2/c28-21(17-26-13-15-27(16-14-26)22-23-11-6-12-24-22)25-19-9-4-5-10-20(19)29-18-7-2-1-3-8-18/h1-12H,13-17H2,(H,25,28). The number of piperazine rings is 1. The van der Waals surface area contributed by atoms with Crippen molar-refractivity contribution in [2.75, 3.05) is 42.9 Å². The number of aromatic nitrogens is 2. The smallest absolute Gasteiger partial charge is 0.238 e. The minimum Gasteiger partial charge on any atom is -0.455 e. The predicted octanol–water partition coefficient (Wildman–Crippen LogP) is 3.03. The fourth-order valence-electron chi connectivity index (χ4n) is 3.23. The molecule has 0 atom stereocenters. The summed E-state index contributed by atoms with van der Waals surface area (Å²) in [5, 5.41) is 2.98. The largest absolute Gasteiger partial charge is 0.455 e. The van der Waals surface area contributed by atoms with Gasteiger partial charge in [-0.25, -0.2) is 9.97 Å². The van der Waals surface area contributed by atoms with Crippen molar-refractivity contribution in [1.29, 1.82) is 0 Å². The summed E-state index contributed by atoms with van der Waals surface area (Å²) >= 11 is 0. The van der Waals surface area contributed by atoms with Crippen LogP contribution in [-0.2, 0) is 4.79 Å². The molecule has 1 saturated heterocycles. The van der Waals surface area contributed by atoms with Gasteiger partial charge in [0.1, 0.15) is 5.75 Å². The Morgan fingerprint density at radius 3 is 2.34 bits per heavy atom. The van der Waals surface area contributed by atoms with Gasteiger partial charge in [0.2, 0.25) is 11.9 Å². The predicted molar refractivity (Wildman–Crippen MR) is 112 cm³/mol. The third-order valence-corrected chi connectivity index (χ3v) is 4.71. The van der Waals surface area contributed by atoms with E-state index in [4.69, 9.17) is 4.74 Å². The van der Waals surface area contributed by atoms with E-state index < -0.39 is 0 Å². The first kappa shape index (κ1) is 18.9. The van der Waals surface area contributed by atoms with Crippen LogP contribution in [0, 0.1) is 0 Å². The van der Waals surface area contributed by atoms with Crippen LogP contribution < -0.4 is 15.0 Å². The third-order valence-electron chi connectivity index (χ3n) is 4.71. The second kappa shape index (κ2) is 9.16. The fourth-order valence-corrected chi connectivity index (χ4v) is 3.23. The molecule has 1 aliphatic rings. The van der Waals surface area contributed by atoms with Crippen molar-refractivity contribution in [3.8, 4) is 11.5 Å². The Labute approximate surface area is 170 Å². The zero-order chi connectivity index (χ0) is 19.9. The van der Waals surface area contributed by atoms with Gasteiger partial charge in [0, 0.05) is 38.6 Å². The van der Waals surface area contributed by atoms with Crippen molar-refractivity contribution >= 4 is 17.5 Å². The van der Waals surface area contributed by atoms with Gasteiger partial charge in [-0.1, -0.05) is 30.3 Å². The average Bonchev–Trinajstić information content (AvgIpc) is 2.77. The number of carbonyl (C=O) groups excluding carboxylic acids is 1. The van der Waals surface area contributed by atoms with Crippen molar-refractivity contribution in [3.63, 3.8) is 0 Å². The van der Waals surface area contributed by atoms with Gasteiger partial charge in [0.05, 0.1) is 12.2 Å². The fraction of sp³-hybridized carbons (Fsp3) is 0.227. The molecule has 148 valence electrons. The molecule has 0 radical (unpaired) electrons. The lowest BCUT2D eigenvalue weighted by Crippen LogP contribution is -2.49. The van der Waals surface area contributed by atoms with Crippen LogP contribution in [0.4, 0.5) is 11.6 Å². The van der Waals surface area contributed by atoms with Gasteiger partial charge in [-0.3, -0.25) is 9.69 Å². The van der Waals surface area contributed by atoms with Gasteiger partial charge in [-0.2, -0.15) is 0 Å². The number of hydrogen-bond acceptors (Lipinski definition) is 6. The number of ether oxygens (including phenoxy) is 1. The highest BCUT2D eigenvalue weighted by Gasteiger charge is 2.21. The summed E-state index contributed by atoms with van der Waals surface area (Å²) in [5.41, 5.74) is 0.665. The minimum absolute atomic E-state index is 0.0569. The third kappa shape index (κ3) is 5.08. The van der Waals surface area contributed by atoms with E-state index >= 15 is 0 Å². The Kier molecular flexibility index (Phi) is 5.97. The molecule has 3 aromatic rings. The highest BCUT2D eigenvalue weighted by atomic mass is 16.5. The number of rotatable bonds is 6. The van der Waals surface area contributed by atoms with Crippen molar-refractivity contribution in [1.82, 2.24) is 14.9 Å². The molecular formula is C22H23N5O2. The van der Waals surface area contributed by atoms with E-state index in [-0.39, 0.29) is 5.91 Å². The molecule has 1 amide bonds. The Morgan fingerprint density at radius 2 is 1.59 bits per heavy atom. The monoisotopic (exact) mass is 389 g/mol. The van der Waals surface area contributed by atoms with E-state index in [0.29, 0.717) is 18.0 Å². The molecule has 7 heteroatoms. The molecule has 1 aromatic heterocycles. The average molecular weight is 389 g/mol. The van der Waals surface area contributed by atoms with E-state index in [1.807, 2.05) is 60.7 Å². The second-order valence-electron chi connectivity index (χ2n) is 6.77. The van der Waals surface area contributed by atoms with Gasteiger partial charge in [0.25, 0.3) is 0 Å². The maximum atomic E-state index is 12.6. The van der Waals surface area contributed by atoms with Gasteiger partial charge in [0.15, 0.2) is 5.75 Å². The summed E-state index contributed by atoms with van der Waals surface area (Å²) in [5.74, 6) is 2.04. The van der Waals surface area contributed by atoms with Crippen LogP contribution in [0.5, 0.6) is 11.5 Å². The van der Waals surface area contributed by atoms with Crippen molar-refractivity contribution in [2.45, 2.75) is 0 Å². The molecule has 1 fully saturated rings. The van der Waals surface area contributed by atoms with Crippen LogP contribution in [0.2, 0.25) is 0 Å². The van der Waals surface area contributed by atoms with E-state index in [1.54, 1.807) is 12.4 Å². The molecule has 0 unspecified atom stereocenters. The molecule has 0 saturated carbocycles. The van der Waals surface area contributed by atoms with E-state index in [1.165, 1.54) is 0 Å². The van der Waals surface area contributed by atoms with Crippen LogP contribution >= 0.6 is 0 Å². The zero-order valence-corrected chi connectivity index (χ0v) is 16.1. The van der Waals surface area contributed by atoms with Gasteiger partial charge in [-0.15, -0.1) is 0 Å². The quantitative estimate of drug-likeness (QED) is 0.699. The molecule has 2 heterocycles. The number of nitrogens with zero attached hydrogens (tertiary/aromatic N) is 4. The molecule has 0 bridgehead atoms. The summed E-state index contributed by atoms with van der Waals surface area (Å²) in [6.07, 6.45) is 3.49. The summed E-state index contributed by atoms with van der Waals surface area (Å²) in [6, 6.07) is 18.8. The van der Waals surface area contributed by atoms with E-state index in [0.717, 1.165) is 37.9 Å². The molecule has 2 aromatic carbocycles. The molecule has 7 nitrogen and oxygen atoms in total. The topological polar surface area (TPSA) is 70.6 Å². The molecule has 29 heavy (non-hydrogen) atoms. The van der Waals surface area contributed by atoms with Crippen LogP contribution in [0.1, 0.15) is 0 Å². The first-order valence-electron chi connectivity index (χ1n) is 9.64. The number of amides is 1. The van der Waals surface area contributed by atoms with Gasteiger partial charge < -0.3 is 15.0 Å².